The Balaban J connectivity index is 0.000000154. The first-order chi connectivity index (χ1) is 17.3. The molecule has 1 aliphatic heterocycles. The van der Waals surface area contributed by atoms with Crippen LogP contribution in [-0.2, 0) is 19.3 Å². The van der Waals surface area contributed by atoms with E-state index in [0.717, 1.165) is 0 Å². The lowest BCUT2D eigenvalue weighted by molar-refractivity contribution is 0.682. The van der Waals surface area contributed by atoms with Crippen LogP contribution >= 0.6 is 0 Å². The van der Waals surface area contributed by atoms with Gasteiger partial charge in [-0.15, -0.1) is 0 Å². The van der Waals surface area contributed by atoms with Gasteiger partial charge in [-0.2, -0.15) is 0 Å². The van der Waals surface area contributed by atoms with Crippen LogP contribution in [0.3, 0.4) is 0 Å². The highest BCUT2D eigenvalue weighted by Crippen LogP contribution is 2.29. The summed E-state index contributed by atoms with van der Waals surface area (Å²) in [6, 6.07) is 24.5. The Kier molecular flexibility index (Phi) is 10.7. The molecule has 0 bridgehead atoms. The molecule has 0 spiro atoms. The van der Waals surface area contributed by atoms with E-state index >= 15 is 0 Å². The lowest BCUT2D eigenvalue weighted by Crippen LogP contribution is -2.24. The quantitative estimate of drug-likeness (QED) is 0.358. The van der Waals surface area contributed by atoms with E-state index in [1.807, 2.05) is 6.07 Å². The maximum absolute atomic E-state index is 2.42. The van der Waals surface area contributed by atoms with Crippen molar-refractivity contribution >= 4 is 5.69 Å². The zero-order valence-corrected chi connectivity index (χ0v) is 24.0. The number of nitrogens with zero attached hydrogens (tertiary/aromatic N) is 1. The summed E-state index contributed by atoms with van der Waals surface area (Å²) in [5, 5.41) is 0. The SMILES string of the molecule is CC(C)c1ccc2c(c1)CCCC2.CC(C)c1ccc2c(c1)CCCN2C.CC(C)c1ccccc1. The zero-order chi connectivity index (χ0) is 26.1. The first kappa shape index (κ1) is 28.0. The van der Waals surface area contributed by atoms with Crippen LogP contribution in [0.5, 0.6) is 0 Å². The van der Waals surface area contributed by atoms with Crippen molar-refractivity contribution in [3.05, 3.63) is 100 Å². The van der Waals surface area contributed by atoms with Gasteiger partial charge in [-0.1, -0.05) is 102 Å². The smallest absolute Gasteiger partial charge is 0.0396 e. The largest absolute Gasteiger partial charge is 0.374 e. The summed E-state index contributed by atoms with van der Waals surface area (Å²) >= 11 is 0. The van der Waals surface area contributed by atoms with E-state index in [-0.39, 0.29) is 0 Å². The summed E-state index contributed by atoms with van der Waals surface area (Å²) in [6.07, 6.45) is 7.91. The summed E-state index contributed by atoms with van der Waals surface area (Å²) in [4.78, 5) is 2.36. The Labute approximate surface area is 222 Å². The van der Waals surface area contributed by atoms with Crippen molar-refractivity contribution in [1.29, 1.82) is 0 Å². The van der Waals surface area contributed by atoms with Crippen molar-refractivity contribution < 1.29 is 0 Å². The first-order valence-electron chi connectivity index (χ1n) is 14.3. The van der Waals surface area contributed by atoms with Crippen molar-refractivity contribution in [3.63, 3.8) is 0 Å². The van der Waals surface area contributed by atoms with Gasteiger partial charge in [-0.3, -0.25) is 0 Å². The molecule has 1 nitrogen and oxygen atoms in total. The fourth-order valence-electron chi connectivity index (χ4n) is 5.11. The van der Waals surface area contributed by atoms with Gasteiger partial charge >= 0.3 is 0 Å². The van der Waals surface area contributed by atoms with Gasteiger partial charge in [0.25, 0.3) is 0 Å². The van der Waals surface area contributed by atoms with Crippen LogP contribution in [-0.4, -0.2) is 13.6 Å². The molecule has 3 aromatic rings. The third kappa shape index (κ3) is 7.99. The average molecular weight is 484 g/mol. The van der Waals surface area contributed by atoms with Crippen LogP contribution in [0.1, 0.15) is 112 Å². The second-order valence-electron chi connectivity index (χ2n) is 11.5. The molecule has 5 rings (SSSR count). The van der Waals surface area contributed by atoms with Gasteiger partial charge in [-0.05, 0) is 95.7 Å². The molecule has 0 aromatic heterocycles. The average Bonchev–Trinajstić information content (AvgIpc) is 2.89. The molecule has 0 amide bonds. The monoisotopic (exact) mass is 483 g/mol. The Bertz CT molecular complexity index is 1060. The molecule has 0 fully saturated rings. The third-order valence-corrected chi connectivity index (χ3v) is 7.63. The van der Waals surface area contributed by atoms with Gasteiger partial charge in [0, 0.05) is 19.3 Å². The molecular formula is C35H49N. The highest BCUT2D eigenvalue weighted by atomic mass is 15.1. The molecule has 0 radical (unpaired) electrons. The molecule has 0 saturated carbocycles. The maximum atomic E-state index is 2.42. The van der Waals surface area contributed by atoms with Crippen molar-refractivity contribution in [2.75, 3.05) is 18.5 Å². The molecule has 1 heteroatoms. The van der Waals surface area contributed by atoms with E-state index in [1.165, 1.54) is 73.0 Å². The number of benzene rings is 3. The predicted octanol–water partition coefficient (Wildman–Crippen LogP) is 9.69. The van der Waals surface area contributed by atoms with Gasteiger partial charge in [0.1, 0.15) is 0 Å². The van der Waals surface area contributed by atoms with Crippen LogP contribution in [0.25, 0.3) is 0 Å². The van der Waals surface area contributed by atoms with Crippen LogP contribution in [0, 0.1) is 0 Å². The molecule has 0 unspecified atom stereocenters. The van der Waals surface area contributed by atoms with Gasteiger partial charge in [0.05, 0.1) is 0 Å². The van der Waals surface area contributed by atoms with Crippen molar-refractivity contribution in [2.45, 2.75) is 97.8 Å². The maximum Gasteiger partial charge on any atom is 0.0396 e. The number of hydrogen-bond acceptors (Lipinski definition) is 1. The van der Waals surface area contributed by atoms with Crippen LogP contribution in [0.4, 0.5) is 5.69 Å². The van der Waals surface area contributed by atoms with E-state index in [1.54, 1.807) is 11.1 Å². The highest BCUT2D eigenvalue weighted by molar-refractivity contribution is 5.56. The number of hydrogen-bond donors (Lipinski definition) is 0. The number of fused-ring (bicyclic) bond motifs is 2. The minimum atomic E-state index is 0.646. The lowest BCUT2D eigenvalue weighted by Gasteiger charge is -2.28. The van der Waals surface area contributed by atoms with E-state index in [4.69, 9.17) is 0 Å². The first-order valence-corrected chi connectivity index (χ1v) is 14.3. The lowest BCUT2D eigenvalue weighted by atomic mass is 9.88. The van der Waals surface area contributed by atoms with Crippen LogP contribution in [0.2, 0.25) is 0 Å². The topological polar surface area (TPSA) is 3.24 Å². The molecule has 36 heavy (non-hydrogen) atoms. The molecule has 2 aliphatic rings. The van der Waals surface area contributed by atoms with Crippen molar-refractivity contribution in [1.82, 2.24) is 0 Å². The normalized spacial score (nSPS) is 14.4. The molecule has 1 aliphatic carbocycles. The highest BCUT2D eigenvalue weighted by Gasteiger charge is 2.14. The molecule has 194 valence electrons. The summed E-state index contributed by atoms with van der Waals surface area (Å²) in [5.41, 5.74) is 10.6. The molecular weight excluding hydrogens is 434 g/mol. The Morgan fingerprint density at radius 3 is 1.64 bits per heavy atom. The molecule has 3 aromatic carbocycles. The van der Waals surface area contributed by atoms with E-state index in [0.29, 0.717) is 17.8 Å². The minimum absolute atomic E-state index is 0.646. The second-order valence-corrected chi connectivity index (χ2v) is 11.5. The standard InChI is InChI=1S/C13H19N.C13H18.C9H12/c1-10(2)11-6-7-13-12(9-11)5-4-8-14(13)3;1-10(2)12-8-7-11-5-3-4-6-13(11)9-12;1-8(2)9-6-4-3-5-7-9/h6-7,9-10H,4-5,8H2,1-3H3;7-10H,3-6H2,1-2H3;3-8H,1-2H3. The number of aryl methyl sites for hydroxylation is 3. The van der Waals surface area contributed by atoms with Gasteiger partial charge in [0.15, 0.2) is 0 Å². The fraction of sp³-hybridized carbons (Fsp3) is 0.486. The summed E-state index contributed by atoms with van der Waals surface area (Å²) in [6.45, 7) is 14.7. The van der Waals surface area contributed by atoms with E-state index in [2.05, 4.69) is 114 Å². The van der Waals surface area contributed by atoms with E-state index in [9.17, 15) is 0 Å². The van der Waals surface area contributed by atoms with Crippen molar-refractivity contribution in [2.24, 2.45) is 0 Å². The number of rotatable bonds is 3. The predicted molar refractivity (Wildman–Crippen MR) is 160 cm³/mol. The molecule has 0 atom stereocenters. The Morgan fingerprint density at radius 1 is 0.528 bits per heavy atom. The third-order valence-electron chi connectivity index (χ3n) is 7.63. The minimum Gasteiger partial charge on any atom is -0.374 e. The second kappa shape index (κ2) is 13.7. The summed E-state index contributed by atoms with van der Waals surface area (Å²) in [5.74, 6) is 1.98. The molecule has 0 N–H and O–H groups in total. The van der Waals surface area contributed by atoms with Crippen LogP contribution in [0.15, 0.2) is 66.7 Å². The van der Waals surface area contributed by atoms with Crippen LogP contribution < -0.4 is 4.90 Å². The fourth-order valence-corrected chi connectivity index (χ4v) is 5.11. The number of anilines is 1. The Hall–Kier alpha value is -2.54. The zero-order valence-electron chi connectivity index (χ0n) is 24.0. The summed E-state index contributed by atoms with van der Waals surface area (Å²) in [7, 11) is 2.19. The van der Waals surface area contributed by atoms with Gasteiger partial charge in [-0.25, -0.2) is 0 Å². The summed E-state index contributed by atoms with van der Waals surface area (Å²) < 4.78 is 0. The van der Waals surface area contributed by atoms with Gasteiger partial charge < -0.3 is 4.90 Å². The molecule has 1 heterocycles. The van der Waals surface area contributed by atoms with Crippen molar-refractivity contribution in [3.8, 4) is 0 Å². The molecule has 0 saturated heterocycles. The van der Waals surface area contributed by atoms with Gasteiger partial charge in [0.2, 0.25) is 0 Å². The Morgan fingerprint density at radius 2 is 1.06 bits per heavy atom. The van der Waals surface area contributed by atoms with E-state index < -0.39 is 0 Å².